The highest BCUT2D eigenvalue weighted by atomic mass is 14.7. The molecule has 0 aromatic carbocycles. The molecule has 2 N–H and O–H groups in total. The second kappa shape index (κ2) is 3.30. The van der Waals surface area contributed by atoms with Crippen molar-refractivity contribution in [1.29, 1.82) is 0 Å². The van der Waals surface area contributed by atoms with Gasteiger partial charge in [-0.2, -0.15) is 0 Å². The van der Waals surface area contributed by atoms with Crippen molar-refractivity contribution in [1.82, 2.24) is 4.98 Å². The lowest BCUT2D eigenvalue weighted by Crippen LogP contribution is -2.06. The molecule has 0 aliphatic heterocycles. The van der Waals surface area contributed by atoms with Gasteiger partial charge in [0.05, 0.1) is 0 Å². The van der Waals surface area contributed by atoms with E-state index in [0.717, 1.165) is 11.3 Å². The Morgan fingerprint density at radius 1 is 1.73 bits per heavy atom. The smallest absolute Gasteiger partial charge is 0.0479 e. The molecule has 2 heteroatoms. The minimum Gasteiger partial charge on any atom is -0.321 e. The van der Waals surface area contributed by atoms with Gasteiger partial charge in [0.15, 0.2) is 0 Å². The highest BCUT2D eigenvalue weighted by Gasteiger charge is 1.99. The number of aryl methyl sites for hydroxylation is 1. The Kier molecular flexibility index (Phi) is 2.39. The summed E-state index contributed by atoms with van der Waals surface area (Å²) < 4.78 is 0. The van der Waals surface area contributed by atoms with Crippen LogP contribution in [0.1, 0.15) is 17.3 Å². The summed E-state index contributed by atoms with van der Waals surface area (Å²) in [4.78, 5) is 4.07. The van der Waals surface area contributed by atoms with Crippen molar-refractivity contribution < 1.29 is 0 Å². The largest absolute Gasteiger partial charge is 0.321 e. The van der Waals surface area contributed by atoms with Crippen molar-refractivity contribution in [3.63, 3.8) is 0 Å². The maximum atomic E-state index is 5.72. The Balaban J connectivity index is 2.95. The van der Waals surface area contributed by atoms with Crippen LogP contribution in [0.2, 0.25) is 0 Å². The van der Waals surface area contributed by atoms with Crippen LogP contribution in [0.25, 0.3) is 0 Å². The number of hydrogen-bond acceptors (Lipinski definition) is 2. The zero-order chi connectivity index (χ0) is 8.27. The Hall–Kier alpha value is -1.15. The van der Waals surface area contributed by atoms with E-state index in [1.807, 2.05) is 19.1 Å². The number of nitrogens with two attached hydrogens (primary N) is 1. The maximum absolute atomic E-state index is 5.72. The molecule has 1 rings (SSSR count). The van der Waals surface area contributed by atoms with Crippen LogP contribution in [-0.2, 0) is 0 Å². The van der Waals surface area contributed by atoms with Crippen molar-refractivity contribution in [3.05, 3.63) is 42.2 Å². The summed E-state index contributed by atoms with van der Waals surface area (Å²) in [6.07, 6.45) is 3.47. The first-order valence-electron chi connectivity index (χ1n) is 3.54. The summed E-state index contributed by atoms with van der Waals surface area (Å²) in [6.45, 7) is 5.56. The molecule has 0 aliphatic rings. The molecule has 0 saturated heterocycles. The average Bonchev–Trinajstić information content (AvgIpc) is 2.03. The third kappa shape index (κ3) is 1.88. The second-order valence-corrected chi connectivity index (χ2v) is 2.49. The first-order chi connectivity index (χ1) is 5.24. The number of pyridine rings is 1. The first kappa shape index (κ1) is 7.95. The zero-order valence-corrected chi connectivity index (χ0v) is 6.62. The third-order valence-corrected chi connectivity index (χ3v) is 1.56. The molecule has 0 radical (unpaired) electrons. The van der Waals surface area contributed by atoms with Gasteiger partial charge in [-0.1, -0.05) is 6.08 Å². The van der Waals surface area contributed by atoms with Crippen LogP contribution in [0.4, 0.5) is 0 Å². The first-order valence-corrected chi connectivity index (χ1v) is 3.54. The molecule has 58 valence electrons. The summed E-state index contributed by atoms with van der Waals surface area (Å²) in [6, 6.07) is 3.79. The predicted molar refractivity (Wildman–Crippen MR) is 46.1 cm³/mol. The minimum absolute atomic E-state index is 0.0725. The van der Waals surface area contributed by atoms with E-state index in [9.17, 15) is 0 Å². The van der Waals surface area contributed by atoms with Gasteiger partial charge in [-0.25, -0.2) is 0 Å². The number of aromatic nitrogens is 1. The minimum atomic E-state index is -0.0725. The molecule has 0 amide bonds. The Bertz CT molecular complexity index is 255. The van der Waals surface area contributed by atoms with Crippen molar-refractivity contribution >= 4 is 0 Å². The van der Waals surface area contributed by atoms with E-state index in [1.165, 1.54) is 0 Å². The lowest BCUT2D eigenvalue weighted by molar-refractivity contribution is 0.904. The van der Waals surface area contributed by atoms with Gasteiger partial charge in [0, 0.05) is 17.9 Å². The molecule has 1 heterocycles. The average molecular weight is 148 g/mol. The summed E-state index contributed by atoms with van der Waals surface area (Å²) in [5, 5.41) is 0. The van der Waals surface area contributed by atoms with Crippen LogP contribution < -0.4 is 5.73 Å². The lowest BCUT2D eigenvalue weighted by Gasteiger charge is -2.05. The quantitative estimate of drug-likeness (QED) is 0.646. The van der Waals surface area contributed by atoms with Crippen LogP contribution in [0.5, 0.6) is 0 Å². The molecule has 1 atom stereocenters. The van der Waals surface area contributed by atoms with Crippen LogP contribution in [0, 0.1) is 6.92 Å². The van der Waals surface area contributed by atoms with Gasteiger partial charge >= 0.3 is 0 Å². The molecule has 0 bridgehead atoms. The van der Waals surface area contributed by atoms with Crippen LogP contribution in [0.3, 0.4) is 0 Å². The van der Waals surface area contributed by atoms with Crippen molar-refractivity contribution in [2.45, 2.75) is 13.0 Å². The second-order valence-electron chi connectivity index (χ2n) is 2.49. The molecule has 0 unspecified atom stereocenters. The number of hydrogen-bond donors (Lipinski definition) is 1. The fraction of sp³-hybridized carbons (Fsp3) is 0.222. The molecule has 0 saturated carbocycles. The van der Waals surface area contributed by atoms with Crippen LogP contribution >= 0.6 is 0 Å². The highest BCUT2D eigenvalue weighted by Crippen LogP contribution is 2.10. The van der Waals surface area contributed by atoms with E-state index < -0.39 is 0 Å². The topological polar surface area (TPSA) is 38.9 Å². The summed E-state index contributed by atoms with van der Waals surface area (Å²) in [5.41, 5.74) is 7.77. The molecule has 1 aromatic rings. The van der Waals surface area contributed by atoms with Crippen molar-refractivity contribution in [2.75, 3.05) is 0 Å². The standard InChI is InChI=1S/C9H12N2/c1-3-9(10)8-4-5-11-7(2)6-8/h3-6,9H,1,10H2,2H3/t9-/m0/s1. The van der Waals surface area contributed by atoms with Crippen molar-refractivity contribution in [2.24, 2.45) is 5.73 Å². The molecular formula is C9H12N2. The predicted octanol–water partition coefficient (Wildman–Crippen LogP) is 1.58. The molecular weight excluding hydrogens is 136 g/mol. The zero-order valence-electron chi connectivity index (χ0n) is 6.62. The lowest BCUT2D eigenvalue weighted by atomic mass is 10.1. The van der Waals surface area contributed by atoms with Crippen LogP contribution in [-0.4, -0.2) is 4.98 Å². The Morgan fingerprint density at radius 2 is 2.45 bits per heavy atom. The van der Waals surface area contributed by atoms with Gasteiger partial charge in [0.25, 0.3) is 0 Å². The third-order valence-electron chi connectivity index (χ3n) is 1.56. The van der Waals surface area contributed by atoms with Gasteiger partial charge < -0.3 is 5.73 Å². The van der Waals surface area contributed by atoms with Gasteiger partial charge in [0.2, 0.25) is 0 Å². The van der Waals surface area contributed by atoms with Gasteiger partial charge in [0.1, 0.15) is 0 Å². The van der Waals surface area contributed by atoms with E-state index >= 15 is 0 Å². The highest BCUT2D eigenvalue weighted by molar-refractivity contribution is 5.21. The van der Waals surface area contributed by atoms with E-state index in [2.05, 4.69) is 11.6 Å². The molecule has 0 spiro atoms. The Labute approximate surface area is 66.8 Å². The van der Waals surface area contributed by atoms with Crippen LogP contribution in [0.15, 0.2) is 31.0 Å². The van der Waals surface area contributed by atoms with E-state index in [1.54, 1.807) is 12.3 Å². The summed E-state index contributed by atoms with van der Waals surface area (Å²) in [5.74, 6) is 0. The molecule has 0 fully saturated rings. The fourth-order valence-corrected chi connectivity index (χ4v) is 0.911. The fourth-order valence-electron chi connectivity index (χ4n) is 0.911. The number of rotatable bonds is 2. The van der Waals surface area contributed by atoms with Crippen molar-refractivity contribution in [3.8, 4) is 0 Å². The monoisotopic (exact) mass is 148 g/mol. The van der Waals surface area contributed by atoms with E-state index in [-0.39, 0.29) is 6.04 Å². The summed E-state index contributed by atoms with van der Waals surface area (Å²) in [7, 11) is 0. The summed E-state index contributed by atoms with van der Waals surface area (Å²) >= 11 is 0. The van der Waals surface area contributed by atoms with E-state index in [0.29, 0.717) is 0 Å². The number of nitrogens with zero attached hydrogens (tertiary/aromatic N) is 1. The van der Waals surface area contributed by atoms with E-state index in [4.69, 9.17) is 5.73 Å². The maximum Gasteiger partial charge on any atom is 0.0479 e. The van der Waals surface area contributed by atoms with Gasteiger partial charge in [-0.3, -0.25) is 4.98 Å². The van der Waals surface area contributed by atoms with Gasteiger partial charge in [-0.15, -0.1) is 6.58 Å². The molecule has 1 aromatic heterocycles. The van der Waals surface area contributed by atoms with Gasteiger partial charge in [-0.05, 0) is 24.6 Å². The SMILES string of the molecule is C=C[C@H](N)c1ccnc(C)c1. The molecule has 2 nitrogen and oxygen atoms in total. The molecule has 11 heavy (non-hydrogen) atoms. The Morgan fingerprint density at radius 3 is 3.00 bits per heavy atom. The normalized spacial score (nSPS) is 12.5. The molecule has 0 aliphatic carbocycles.